The number of hydrogen-bond donors (Lipinski definition) is 0. The molecule has 1 heterocycles. The number of methoxy groups -OCH3 is 2. The van der Waals surface area contributed by atoms with Crippen molar-refractivity contribution < 1.29 is 23.4 Å². The van der Waals surface area contributed by atoms with E-state index in [1.807, 2.05) is 0 Å². The number of fused-ring (bicyclic) bond motifs is 1. The highest BCUT2D eigenvalue weighted by Crippen LogP contribution is 2.36. The van der Waals surface area contributed by atoms with Crippen LogP contribution in [0.15, 0.2) is 63.8 Å². The maximum atomic E-state index is 13.2. The summed E-state index contributed by atoms with van der Waals surface area (Å²) in [4.78, 5) is 26.1. The fraction of sp³-hybridized carbons (Fsp3) is 0.154. The van der Waals surface area contributed by atoms with E-state index in [1.165, 1.54) is 13.2 Å². The molecule has 0 spiro atoms. The van der Waals surface area contributed by atoms with Crippen molar-refractivity contribution in [1.29, 1.82) is 0 Å². The summed E-state index contributed by atoms with van der Waals surface area (Å²) in [6.45, 7) is 3.43. The highest BCUT2D eigenvalue weighted by atomic mass is 35.5. The number of aryl methyl sites for hydroxylation is 2. The van der Waals surface area contributed by atoms with Crippen LogP contribution in [-0.2, 0) is 0 Å². The third-order valence-corrected chi connectivity index (χ3v) is 5.58. The van der Waals surface area contributed by atoms with Gasteiger partial charge in [0.25, 0.3) is 0 Å². The first kappa shape index (κ1) is 22.4. The number of benzene rings is 2. The molecular formula is C26H21ClO6. The maximum absolute atomic E-state index is 13.2. The molecule has 3 aromatic carbocycles. The van der Waals surface area contributed by atoms with E-state index in [0.717, 1.165) is 0 Å². The molecule has 0 atom stereocenters. The molecule has 4 aromatic rings. The largest absolute Gasteiger partial charge is 0.493 e. The predicted octanol–water partition coefficient (Wildman–Crippen LogP) is 5.97. The third kappa shape index (κ3) is 4.30. The van der Waals surface area contributed by atoms with Gasteiger partial charge in [-0.3, -0.25) is 4.79 Å². The fourth-order valence-corrected chi connectivity index (χ4v) is 3.88. The standard InChI is InChI=1S/C26H21ClO6/c1-14-24-20(28)11-18(17-7-10-21(30-3)22(12-17)31-4)13-23(25(24)15(2)32-14)33-26(29)16-5-8-19(27)9-6-16/h5-13H,1-4H3. The topological polar surface area (TPSA) is 75.0 Å². The van der Waals surface area contributed by atoms with Crippen molar-refractivity contribution in [3.63, 3.8) is 0 Å². The van der Waals surface area contributed by atoms with Crippen LogP contribution in [0.3, 0.4) is 0 Å². The van der Waals surface area contributed by atoms with Crippen molar-refractivity contribution in [2.45, 2.75) is 13.8 Å². The summed E-state index contributed by atoms with van der Waals surface area (Å²) in [5, 5.41) is 1.32. The number of esters is 1. The minimum absolute atomic E-state index is 0.214. The number of ether oxygens (including phenoxy) is 3. The Morgan fingerprint density at radius 1 is 0.788 bits per heavy atom. The lowest BCUT2D eigenvalue weighted by Gasteiger charge is -2.10. The quantitative estimate of drug-likeness (QED) is 0.339. The molecule has 0 amide bonds. The summed E-state index contributed by atoms with van der Waals surface area (Å²) in [6.07, 6.45) is 0. The van der Waals surface area contributed by atoms with Gasteiger partial charge in [0.1, 0.15) is 17.3 Å². The molecule has 0 saturated heterocycles. The van der Waals surface area contributed by atoms with E-state index in [0.29, 0.717) is 55.5 Å². The van der Waals surface area contributed by atoms with E-state index in [-0.39, 0.29) is 11.2 Å². The van der Waals surface area contributed by atoms with Gasteiger partial charge in [0.05, 0.1) is 30.6 Å². The van der Waals surface area contributed by atoms with Gasteiger partial charge in [-0.15, -0.1) is 0 Å². The molecule has 0 N–H and O–H groups in total. The van der Waals surface area contributed by atoms with Crippen molar-refractivity contribution in [3.8, 4) is 28.4 Å². The lowest BCUT2D eigenvalue weighted by Crippen LogP contribution is -2.08. The van der Waals surface area contributed by atoms with Crippen LogP contribution in [0.5, 0.6) is 17.2 Å². The Balaban J connectivity index is 1.93. The Hall–Kier alpha value is -3.77. The summed E-state index contributed by atoms with van der Waals surface area (Å²) >= 11 is 5.93. The molecule has 4 rings (SSSR count). The first-order chi connectivity index (χ1) is 15.8. The van der Waals surface area contributed by atoms with Gasteiger partial charge in [-0.1, -0.05) is 17.7 Å². The normalized spacial score (nSPS) is 10.8. The Bertz CT molecular complexity index is 1420. The molecule has 33 heavy (non-hydrogen) atoms. The lowest BCUT2D eigenvalue weighted by molar-refractivity contribution is 0.0737. The van der Waals surface area contributed by atoms with Crippen LogP contribution in [0.1, 0.15) is 21.9 Å². The first-order valence-corrected chi connectivity index (χ1v) is 10.5. The third-order valence-electron chi connectivity index (χ3n) is 5.33. The molecule has 0 saturated carbocycles. The van der Waals surface area contributed by atoms with Crippen LogP contribution >= 0.6 is 11.6 Å². The Morgan fingerprint density at radius 3 is 2.09 bits per heavy atom. The van der Waals surface area contributed by atoms with Gasteiger partial charge >= 0.3 is 5.97 Å². The van der Waals surface area contributed by atoms with Crippen LogP contribution in [-0.4, -0.2) is 20.2 Å². The Kier molecular flexibility index (Phi) is 6.11. The van der Waals surface area contributed by atoms with Crippen LogP contribution in [0.25, 0.3) is 21.9 Å². The second-order valence-electron chi connectivity index (χ2n) is 7.40. The summed E-state index contributed by atoms with van der Waals surface area (Å²) < 4.78 is 22.2. The van der Waals surface area contributed by atoms with Crippen LogP contribution in [0.2, 0.25) is 5.02 Å². The molecule has 168 valence electrons. The van der Waals surface area contributed by atoms with Crippen LogP contribution in [0, 0.1) is 13.8 Å². The smallest absolute Gasteiger partial charge is 0.343 e. The average Bonchev–Trinajstić information content (AvgIpc) is 3.02. The first-order valence-electron chi connectivity index (χ1n) is 10.1. The van der Waals surface area contributed by atoms with Crippen molar-refractivity contribution >= 4 is 28.3 Å². The van der Waals surface area contributed by atoms with E-state index in [9.17, 15) is 9.59 Å². The highest BCUT2D eigenvalue weighted by molar-refractivity contribution is 6.30. The molecule has 0 unspecified atom stereocenters. The molecule has 0 bridgehead atoms. The SMILES string of the molecule is COc1ccc(-c2cc(OC(=O)c3ccc(Cl)cc3)c3c(C)oc(C)c3c(=O)c2)cc1OC. The van der Waals surface area contributed by atoms with Crippen LogP contribution in [0.4, 0.5) is 0 Å². The lowest BCUT2D eigenvalue weighted by atomic mass is 10.1. The number of halogens is 1. The Morgan fingerprint density at radius 2 is 1.42 bits per heavy atom. The maximum Gasteiger partial charge on any atom is 0.343 e. The second-order valence-corrected chi connectivity index (χ2v) is 7.84. The van der Waals surface area contributed by atoms with E-state index in [2.05, 4.69) is 0 Å². The summed E-state index contributed by atoms with van der Waals surface area (Å²) in [7, 11) is 3.08. The van der Waals surface area contributed by atoms with Crippen molar-refractivity contribution in [1.82, 2.24) is 0 Å². The van der Waals surface area contributed by atoms with E-state index in [1.54, 1.807) is 69.5 Å². The van der Waals surface area contributed by atoms with Gasteiger partial charge in [0.2, 0.25) is 0 Å². The van der Waals surface area contributed by atoms with Gasteiger partial charge in [-0.2, -0.15) is 0 Å². The second kappa shape index (κ2) is 9.00. The molecule has 0 aliphatic carbocycles. The monoisotopic (exact) mass is 464 g/mol. The zero-order chi connectivity index (χ0) is 23.7. The molecule has 0 fully saturated rings. The fourth-order valence-electron chi connectivity index (χ4n) is 3.75. The molecule has 6 nitrogen and oxygen atoms in total. The van der Waals surface area contributed by atoms with Crippen molar-refractivity contribution in [2.24, 2.45) is 0 Å². The molecular weight excluding hydrogens is 444 g/mol. The van der Waals surface area contributed by atoms with Gasteiger partial charge in [-0.25, -0.2) is 4.79 Å². The van der Waals surface area contributed by atoms with Crippen molar-refractivity contribution in [2.75, 3.05) is 14.2 Å². The van der Waals surface area contributed by atoms with Gasteiger partial charge in [0, 0.05) is 5.02 Å². The zero-order valence-corrected chi connectivity index (χ0v) is 19.3. The van der Waals surface area contributed by atoms with Gasteiger partial charge < -0.3 is 18.6 Å². The van der Waals surface area contributed by atoms with E-state index in [4.69, 9.17) is 30.2 Å². The number of rotatable bonds is 5. The highest BCUT2D eigenvalue weighted by Gasteiger charge is 2.19. The Labute approximate surface area is 195 Å². The van der Waals surface area contributed by atoms with Crippen molar-refractivity contribution in [3.05, 3.63) is 86.9 Å². The molecule has 0 radical (unpaired) electrons. The molecule has 0 aliphatic heterocycles. The summed E-state index contributed by atoms with van der Waals surface area (Å²) in [6, 6.07) is 14.8. The zero-order valence-electron chi connectivity index (χ0n) is 18.5. The van der Waals surface area contributed by atoms with Crippen LogP contribution < -0.4 is 19.6 Å². The number of carbonyl (C=O) groups excluding carboxylic acids is 1. The number of carbonyl (C=O) groups is 1. The molecule has 7 heteroatoms. The predicted molar refractivity (Wildman–Crippen MR) is 127 cm³/mol. The summed E-state index contributed by atoms with van der Waals surface area (Å²) in [5.74, 6) is 1.63. The minimum Gasteiger partial charge on any atom is -0.493 e. The number of hydrogen-bond acceptors (Lipinski definition) is 6. The van der Waals surface area contributed by atoms with Gasteiger partial charge in [-0.05, 0) is 73.5 Å². The summed E-state index contributed by atoms with van der Waals surface area (Å²) in [5.41, 5.74) is 1.32. The van der Waals surface area contributed by atoms with E-state index >= 15 is 0 Å². The minimum atomic E-state index is -0.580. The van der Waals surface area contributed by atoms with E-state index < -0.39 is 5.97 Å². The molecule has 0 aliphatic rings. The average molecular weight is 465 g/mol. The van der Waals surface area contributed by atoms with Gasteiger partial charge in [0.15, 0.2) is 16.9 Å². The molecule has 1 aromatic heterocycles. The number of furan rings is 1.